The molecular weight excluding hydrogens is 384 g/mol. The quantitative estimate of drug-likeness (QED) is 0.664. The van der Waals surface area contributed by atoms with Crippen molar-refractivity contribution in [1.82, 2.24) is 14.9 Å². The van der Waals surface area contributed by atoms with Gasteiger partial charge < -0.3 is 9.80 Å². The van der Waals surface area contributed by atoms with E-state index in [4.69, 9.17) is 9.97 Å². The third kappa shape index (κ3) is 5.08. The smallest absolute Gasteiger partial charge is 0.222 e. The summed E-state index contributed by atoms with van der Waals surface area (Å²) in [5.74, 6) is 2.95. The SMILES string of the molecule is CCc1c(C)nc(-c2ccc(C)cc2)nc1N1CCN(C(=O)CCC2CCCC2)CC1. The van der Waals surface area contributed by atoms with Crippen LogP contribution in [-0.4, -0.2) is 47.0 Å². The fraction of sp³-hybridized carbons (Fsp3) is 0.577. The first-order valence-corrected chi connectivity index (χ1v) is 12.0. The van der Waals surface area contributed by atoms with Gasteiger partial charge in [-0.25, -0.2) is 9.97 Å². The molecule has 4 rings (SSSR count). The molecule has 2 fully saturated rings. The number of rotatable bonds is 6. The Balaban J connectivity index is 1.44. The van der Waals surface area contributed by atoms with Crippen molar-refractivity contribution >= 4 is 11.7 Å². The highest BCUT2D eigenvalue weighted by atomic mass is 16.2. The predicted molar refractivity (Wildman–Crippen MR) is 126 cm³/mol. The number of hydrogen-bond acceptors (Lipinski definition) is 4. The molecule has 31 heavy (non-hydrogen) atoms. The van der Waals surface area contributed by atoms with Crippen molar-refractivity contribution in [3.63, 3.8) is 0 Å². The van der Waals surface area contributed by atoms with E-state index in [1.54, 1.807) is 0 Å². The minimum Gasteiger partial charge on any atom is -0.353 e. The molecule has 1 aromatic carbocycles. The number of aryl methyl sites for hydroxylation is 2. The Hall–Kier alpha value is -2.43. The highest BCUT2D eigenvalue weighted by molar-refractivity contribution is 5.76. The van der Waals surface area contributed by atoms with E-state index in [-0.39, 0.29) is 0 Å². The topological polar surface area (TPSA) is 49.3 Å². The summed E-state index contributed by atoms with van der Waals surface area (Å²) in [6, 6.07) is 8.41. The summed E-state index contributed by atoms with van der Waals surface area (Å²) in [5.41, 5.74) is 4.56. The zero-order chi connectivity index (χ0) is 21.8. The molecule has 2 aliphatic rings. The van der Waals surface area contributed by atoms with Gasteiger partial charge in [0.1, 0.15) is 5.82 Å². The lowest BCUT2D eigenvalue weighted by atomic mass is 10.0. The molecule has 0 unspecified atom stereocenters. The molecule has 5 nitrogen and oxygen atoms in total. The van der Waals surface area contributed by atoms with Crippen molar-refractivity contribution in [3.8, 4) is 11.4 Å². The van der Waals surface area contributed by atoms with Gasteiger partial charge in [-0.2, -0.15) is 0 Å². The lowest BCUT2D eigenvalue weighted by Gasteiger charge is -2.36. The van der Waals surface area contributed by atoms with Crippen molar-refractivity contribution < 1.29 is 4.79 Å². The van der Waals surface area contributed by atoms with Crippen LogP contribution in [0.15, 0.2) is 24.3 Å². The molecule has 2 heterocycles. The highest BCUT2D eigenvalue weighted by Crippen LogP contribution is 2.29. The fourth-order valence-corrected chi connectivity index (χ4v) is 5.04. The highest BCUT2D eigenvalue weighted by Gasteiger charge is 2.25. The number of piperazine rings is 1. The molecule has 0 atom stereocenters. The normalized spacial score (nSPS) is 17.4. The predicted octanol–water partition coefficient (Wildman–Crippen LogP) is 4.94. The van der Waals surface area contributed by atoms with Crippen molar-refractivity contribution in [1.29, 1.82) is 0 Å². The van der Waals surface area contributed by atoms with E-state index in [0.29, 0.717) is 5.91 Å². The Morgan fingerprint density at radius 2 is 1.68 bits per heavy atom. The summed E-state index contributed by atoms with van der Waals surface area (Å²) in [4.78, 5) is 26.9. The average Bonchev–Trinajstić information content (AvgIpc) is 3.31. The zero-order valence-electron chi connectivity index (χ0n) is 19.4. The summed E-state index contributed by atoms with van der Waals surface area (Å²) in [6.45, 7) is 9.60. The molecule has 1 aliphatic heterocycles. The molecule has 0 bridgehead atoms. The number of amides is 1. The Morgan fingerprint density at radius 1 is 1.00 bits per heavy atom. The van der Waals surface area contributed by atoms with Crippen LogP contribution in [0.5, 0.6) is 0 Å². The van der Waals surface area contributed by atoms with E-state index in [9.17, 15) is 4.79 Å². The lowest BCUT2D eigenvalue weighted by Crippen LogP contribution is -2.49. The lowest BCUT2D eigenvalue weighted by molar-refractivity contribution is -0.131. The molecule has 1 aliphatic carbocycles. The number of carbonyl (C=O) groups is 1. The van der Waals surface area contributed by atoms with Gasteiger partial charge in [0.05, 0.1) is 0 Å². The molecule has 166 valence electrons. The molecule has 0 spiro atoms. The second-order valence-corrected chi connectivity index (χ2v) is 9.21. The van der Waals surface area contributed by atoms with Gasteiger partial charge in [0, 0.05) is 49.4 Å². The zero-order valence-corrected chi connectivity index (χ0v) is 19.4. The van der Waals surface area contributed by atoms with Crippen LogP contribution in [0.3, 0.4) is 0 Å². The average molecular weight is 421 g/mol. The van der Waals surface area contributed by atoms with Gasteiger partial charge in [0.25, 0.3) is 0 Å². The number of benzene rings is 1. The van der Waals surface area contributed by atoms with E-state index in [1.807, 2.05) is 0 Å². The second kappa shape index (κ2) is 9.80. The van der Waals surface area contributed by atoms with Crippen LogP contribution in [-0.2, 0) is 11.2 Å². The third-order valence-electron chi connectivity index (χ3n) is 7.03. The monoisotopic (exact) mass is 420 g/mol. The Morgan fingerprint density at radius 3 is 2.32 bits per heavy atom. The molecule has 1 saturated heterocycles. The maximum absolute atomic E-state index is 12.7. The van der Waals surface area contributed by atoms with Gasteiger partial charge in [-0.15, -0.1) is 0 Å². The van der Waals surface area contributed by atoms with E-state index in [2.05, 4.69) is 54.8 Å². The van der Waals surface area contributed by atoms with Crippen LogP contribution in [0.4, 0.5) is 5.82 Å². The fourth-order valence-electron chi connectivity index (χ4n) is 5.04. The van der Waals surface area contributed by atoms with E-state index < -0.39 is 0 Å². The molecular formula is C26H36N4O. The van der Waals surface area contributed by atoms with Crippen LogP contribution in [0, 0.1) is 19.8 Å². The summed E-state index contributed by atoms with van der Waals surface area (Å²) < 4.78 is 0. The number of carbonyl (C=O) groups excluding carboxylic acids is 1. The molecule has 1 amide bonds. The first-order chi connectivity index (χ1) is 15.0. The molecule has 0 N–H and O–H groups in total. The van der Waals surface area contributed by atoms with Crippen LogP contribution in [0.1, 0.15) is 62.3 Å². The number of hydrogen-bond donors (Lipinski definition) is 0. The molecule has 0 radical (unpaired) electrons. The summed E-state index contributed by atoms with van der Waals surface area (Å²) in [5, 5.41) is 0. The van der Waals surface area contributed by atoms with Gasteiger partial charge in [0.15, 0.2) is 5.82 Å². The first kappa shape index (κ1) is 21.8. The van der Waals surface area contributed by atoms with E-state index in [0.717, 1.165) is 74.3 Å². The Labute approximate surface area is 186 Å². The second-order valence-electron chi connectivity index (χ2n) is 9.21. The van der Waals surface area contributed by atoms with Gasteiger partial charge in [-0.3, -0.25) is 4.79 Å². The first-order valence-electron chi connectivity index (χ1n) is 12.0. The van der Waals surface area contributed by atoms with E-state index >= 15 is 0 Å². The number of nitrogens with zero attached hydrogens (tertiary/aromatic N) is 4. The van der Waals surface area contributed by atoms with Crippen molar-refractivity contribution in [3.05, 3.63) is 41.1 Å². The van der Waals surface area contributed by atoms with Crippen LogP contribution < -0.4 is 4.90 Å². The molecule has 5 heteroatoms. The maximum Gasteiger partial charge on any atom is 0.222 e. The van der Waals surface area contributed by atoms with Gasteiger partial charge in [-0.1, -0.05) is 62.4 Å². The standard InChI is InChI=1S/C26H36N4O/c1-4-23-20(3)27-25(22-12-9-19(2)10-13-22)28-26(23)30-17-15-29(16-18-30)24(31)14-11-21-7-5-6-8-21/h9-10,12-13,21H,4-8,11,14-18H2,1-3H3. The van der Waals surface area contributed by atoms with Crippen LogP contribution >= 0.6 is 0 Å². The van der Waals surface area contributed by atoms with Gasteiger partial charge in [-0.05, 0) is 32.6 Å². The van der Waals surface area contributed by atoms with E-state index in [1.165, 1.54) is 36.8 Å². The van der Waals surface area contributed by atoms with Gasteiger partial charge in [0.2, 0.25) is 5.91 Å². The van der Waals surface area contributed by atoms with Crippen LogP contribution in [0.25, 0.3) is 11.4 Å². The van der Waals surface area contributed by atoms with Crippen molar-refractivity contribution in [2.45, 2.75) is 65.7 Å². The summed E-state index contributed by atoms with van der Waals surface area (Å²) in [7, 11) is 0. The molecule has 2 aromatic rings. The van der Waals surface area contributed by atoms with Gasteiger partial charge >= 0.3 is 0 Å². The molecule has 1 saturated carbocycles. The molecule has 1 aromatic heterocycles. The summed E-state index contributed by atoms with van der Waals surface area (Å²) >= 11 is 0. The third-order valence-corrected chi connectivity index (χ3v) is 7.03. The number of anilines is 1. The van der Waals surface area contributed by atoms with Crippen molar-refractivity contribution in [2.75, 3.05) is 31.1 Å². The maximum atomic E-state index is 12.7. The Bertz CT molecular complexity index is 894. The summed E-state index contributed by atoms with van der Waals surface area (Å²) in [6.07, 6.45) is 8.03. The number of aromatic nitrogens is 2. The van der Waals surface area contributed by atoms with Crippen LogP contribution in [0.2, 0.25) is 0 Å². The minimum absolute atomic E-state index is 0.335. The minimum atomic E-state index is 0.335. The largest absolute Gasteiger partial charge is 0.353 e. The Kier molecular flexibility index (Phi) is 6.89. The van der Waals surface area contributed by atoms with Crippen molar-refractivity contribution in [2.24, 2.45) is 5.92 Å².